The predicted octanol–water partition coefficient (Wildman–Crippen LogP) is 14.2. The van der Waals surface area contributed by atoms with Gasteiger partial charge in [0.2, 0.25) is 0 Å². The number of fused-ring (bicyclic) bond motifs is 9. The number of allylic oxidation sites excluding steroid dienone is 1. The van der Waals surface area contributed by atoms with Crippen LogP contribution in [0.15, 0.2) is 168 Å². The molecule has 0 atom stereocenters. The van der Waals surface area contributed by atoms with Crippen LogP contribution in [0.5, 0.6) is 0 Å². The molecule has 1 aliphatic carbocycles. The first kappa shape index (κ1) is 28.4. The van der Waals surface area contributed by atoms with Gasteiger partial charge in [-0.3, -0.25) is 0 Å². The van der Waals surface area contributed by atoms with E-state index < -0.39 is 0 Å². The Morgan fingerprint density at radius 1 is 0.412 bits per heavy atom. The molecule has 1 aromatic heterocycles. The summed E-state index contributed by atoms with van der Waals surface area (Å²) in [5, 5.41) is 12.4. The second kappa shape index (κ2) is 11.0. The second-order valence-corrected chi connectivity index (χ2v) is 13.9. The maximum atomic E-state index is 6.53. The van der Waals surface area contributed by atoms with Crippen LogP contribution in [0.25, 0.3) is 104 Å². The van der Waals surface area contributed by atoms with Crippen LogP contribution in [-0.4, -0.2) is 0 Å². The summed E-state index contributed by atoms with van der Waals surface area (Å²) in [5.74, 6) is 0. The van der Waals surface area contributed by atoms with Gasteiger partial charge < -0.3 is 4.42 Å². The van der Waals surface area contributed by atoms with Crippen LogP contribution in [0, 0.1) is 0 Å². The maximum absolute atomic E-state index is 6.53. The fourth-order valence-electron chi connectivity index (χ4n) is 8.70. The minimum Gasteiger partial charge on any atom is -0.456 e. The number of para-hydroxylation sites is 1. The van der Waals surface area contributed by atoms with Gasteiger partial charge in [-0.25, -0.2) is 0 Å². The lowest BCUT2D eigenvalue weighted by molar-refractivity contribution is 0.661. The molecule has 0 saturated heterocycles. The first-order chi connectivity index (χ1) is 25.3. The fourth-order valence-corrected chi connectivity index (χ4v) is 8.70. The molecule has 10 aromatic rings. The van der Waals surface area contributed by atoms with E-state index in [2.05, 4.69) is 170 Å². The average Bonchev–Trinajstić information content (AvgIpc) is 3.58. The molecule has 0 N–H and O–H groups in total. The van der Waals surface area contributed by atoms with Gasteiger partial charge in [0.25, 0.3) is 0 Å². The number of furan rings is 1. The van der Waals surface area contributed by atoms with Gasteiger partial charge in [0, 0.05) is 16.3 Å². The van der Waals surface area contributed by atoms with Gasteiger partial charge in [-0.1, -0.05) is 140 Å². The van der Waals surface area contributed by atoms with Crippen molar-refractivity contribution in [3.8, 4) is 33.4 Å². The Labute approximate surface area is 295 Å². The molecule has 0 bridgehead atoms. The van der Waals surface area contributed by atoms with Gasteiger partial charge in [0.05, 0.1) is 0 Å². The van der Waals surface area contributed by atoms with Crippen molar-refractivity contribution in [2.75, 3.05) is 0 Å². The molecule has 0 aliphatic heterocycles. The molecule has 0 fully saturated rings. The zero-order chi connectivity index (χ0) is 33.5. The zero-order valence-corrected chi connectivity index (χ0v) is 28.0. The smallest absolute Gasteiger partial charge is 0.139 e. The molecule has 1 heterocycles. The van der Waals surface area contributed by atoms with Crippen molar-refractivity contribution in [1.82, 2.24) is 0 Å². The highest BCUT2D eigenvalue weighted by Gasteiger charge is 2.22. The second-order valence-electron chi connectivity index (χ2n) is 13.9. The van der Waals surface area contributed by atoms with Crippen molar-refractivity contribution in [3.05, 3.63) is 175 Å². The molecule has 0 saturated carbocycles. The highest BCUT2D eigenvalue weighted by atomic mass is 16.3. The van der Waals surface area contributed by atoms with E-state index >= 15 is 0 Å². The highest BCUT2D eigenvalue weighted by molar-refractivity contribution is 6.23. The van der Waals surface area contributed by atoms with E-state index in [0.29, 0.717) is 0 Å². The first-order valence-electron chi connectivity index (χ1n) is 17.9. The third-order valence-electron chi connectivity index (χ3n) is 11.1. The number of benzene rings is 9. The summed E-state index contributed by atoms with van der Waals surface area (Å²) in [4.78, 5) is 0. The summed E-state index contributed by atoms with van der Waals surface area (Å²) in [5.41, 5.74) is 12.1. The first-order valence-corrected chi connectivity index (χ1v) is 17.9. The van der Waals surface area contributed by atoms with Crippen LogP contribution in [0.3, 0.4) is 0 Å². The lowest BCUT2D eigenvalue weighted by Crippen LogP contribution is -1.98. The van der Waals surface area contributed by atoms with Crippen LogP contribution in [0.1, 0.15) is 17.5 Å². The largest absolute Gasteiger partial charge is 0.456 e. The van der Waals surface area contributed by atoms with E-state index in [9.17, 15) is 0 Å². The maximum Gasteiger partial charge on any atom is 0.139 e. The third kappa shape index (κ3) is 4.35. The van der Waals surface area contributed by atoms with Crippen molar-refractivity contribution in [2.24, 2.45) is 0 Å². The molecule has 9 aromatic carbocycles. The molecule has 0 unspecified atom stereocenters. The van der Waals surface area contributed by atoms with Gasteiger partial charge in [-0.2, -0.15) is 0 Å². The Balaban J connectivity index is 1.26. The molecular weight excluding hydrogens is 617 g/mol. The molecule has 0 spiro atoms. The van der Waals surface area contributed by atoms with E-state index in [1.165, 1.54) is 98.4 Å². The van der Waals surface area contributed by atoms with E-state index in [1.807, 2.05) is 0 Å². The Morgan fingerprint density at radius 3 is 1.69 bits per heavy atom. The van der Waals surface area contributed by atoms with Gasteiger partial charge >= 0.3 is 0 Å². The van der Waals surface area contributed by atoms with Gasteiger partial charge in [0.15, 0.2) is 0 Å². The van der Waals surface area contributed by atoms with Gasteiger partial charge in [-0.05, 0) is 125 Å². The van der Waals surface area contributed by atoms with E-state index in [1.54, 1.807) is 0 Å². The van der Waals surface area contributed by atoms with Crippen LogP contribution >= 0.6 is 0 Å². The van der Waals surface area contributed by atoms with E-state index in [0.717, 1.165) is 24.0 Å². The van der Waals surface area contributed by atoms with Crippen molar-refractivity contribution >= 4 is 71.1 Å². The quantitative estimate of drug-likeness (QED) is 0.174. The summed E-state index contributed by atoms with van der Waals surface area (Å²) < 4.78 is 6.53. The summed E-state index contributed by atoms with van der Waals surface area (Å²) in [6, 6.07) is 58.2. The van der Waals surface area contributed by atoms with Crippen molar-refractivity contribution in [3.63, 3.8) is 0 Å². The molecule has 0 amide bonds. The van der Waals surface area contributed by atoms with Crippen LogP contribution < -0.4 is 0 Å². The monoisotopic (exact) mass is 648 g/mol. The zero-order valence-electron chi connectivity index (χ0n) is 28.0. The van der Waals surface area contributed by atoms with E-state index in [4.69, 9.17) is 4.42 Å². The minimum absolute atomic E-state index is 0.949. The topological polar surface area (TPSA) is 13.1 Å². The number of aryl methyl sites for hydroxylation is 1. The lowest BCUT2D eigenvalue weighted by Gasteiger charge is -2.20. The van der Waals surface area contributed by atoms with Crippen molar-refractivity contribution < 1.29 is 4.42 Å². The summed E-state index contributed by atoms with van der Waals surface area (Å²) >= 11 is 0. The molecule has 1 nitrogen and oxygen atoms in total. The third-order valence-corrected chi connectivity index (χ3v) is 11.1. The Bertz CT molecular complexity index is 3080. The molecule has 11 rings (SSSR count). The van der Waals surface area contributed by atoms with Crippen LogP contribution in [0.4, 0.5) is 0 Å². The lowest BCUT2D eigenvalue weighted by atomic mass is 9.83. The fraction of sp³-hybridized carbons (Fsp3) is 0.0400. The minimum atomic E-state index is 0.949. The molecule has 1 heteroatoms. The predicted molar refractivity (Wildman–Crippen MR) is 217 cm³/mol. The Hall–Kier alpha value is -6.44. The molecule has 0 radical (unpaired) electrons. The molecule has 1 aliphatic rings. The number of hydrogen-bond acceptors (Lipinski definition) is 1. The van der Waals surface area contributed by atoms with Crippen molar-refractivity contribution in [2.45, 2.75) is 12.8 Å². The summed E-state index contributed by atoms with van der Waals surface area (Å²) in [7, 11) is 0. The normalized spacial score (nSPS) is 12.9. The molecular formula is C50H32O. The summed E-state index contributed by atoms with van der Waals surface area (Å²) in [6.45, 7) is 0. The Morgan fingerprint density at radius 2 is 0.980 bits per heavy atom. The Kier molecular flexibility index (Phi) is 6.15. The number of hydrogen-bond donors (Lipinski definition) is 0. The van der Waals surface area contributed by atoms with E-state index in [-0.39, 0.29) is 0 Å². The highest BCUT2D eigenvalue weighted by Crippen LogP contribution is 2.47. The standard InChI is InChI=1S/C50H32O/c1-3-13-33-27-36(23-21-31(33)11-1)48-40-17-6-7-18-41(40)49(37-24-22-32-12-2-4-14-34(32)28-37)45-29-35(25-26-42(45)48)44-30-46-39-16-9-10-20-47(39)51-50(46)43-19-8-5-15-38(43)44/h1-7,9-18,20-30H,8,19H2. The van der Waals surface area contributed by atoms with Crippen molar-refractivity contribution in [1.29, 1.82) is 0 Å². The van der Waals surface area contributed by atoms with Gasteiger partial charge in [-0.15, -0.1) is 0 Å². The SMILES string of the molecule is C1=Cc2c(-c3ccc4c(-c5ccc6ccccc6c5)c5ccccc5c(-c5ccc6ccccc6c5)c4c3)cc3c(oc4ccccc43)c2CC1. The molecule has 51 heavy (non-hydrogen) atoms. The summed E-state index contributed by atoms with van der Waals surface area (Å²) in [6.07, 6.45) is 6.62. The van der Waals surface area contributed by atoms with Crippen LogP contribution in [0.2, 0.25) is 0 Å². The average molecular weight is 649 g/mol. The van der Waals surface area contributed by atoms with Crippen LogP contribution in [-0.2, 0) is 6.42 Å². The number of rotatable bonds is 3. The molecule has 238 valence electrons. The van der Waals surface area contributed by atoms with Gasteiger partial charge in [0.1, 0.15) is 11.2 Å².